The molecule has 1 aromatic rings. The van der Waals surface area contributed by atoms with Crippen molar-refractivity contribution in [2.75, 3.05) is 31.6 Å². The quantitative estimate of drug-likeness (QED) is 0.925. The van der Waals surface area contributed by atoms with Crippen LogP contribution in [0.4, 0.5) is 5.69 Å². The molecule has 0 radical (unpaired) electrons. The van der Waals surface area contributed by atoms with Gasteiger partial charge in [0.1, 0.15) is 0 Å². The van der Waals surface area contributed by atoms with Crippen molar-refractivity contribution in [1.82, 2.24) is 4.90 Å². The molecule has 0 saturated carbocycles. The van der Waals surface area contributed by atoms with Crippen molar-refractivity contribution in [1.29, 1.82) is 0 Å². The second kappa shape index (κ2) is 6.73. The minimum atomic E-state index is 0.258. The maximum absolute atomic E-state index is 9.26. The number of hydrogen-bond donors (Lipinski definition) is 1. The second-order valence-corrected chi connectivity index (χ2v) is 6.31. The number of hydrogen-bond acceptors (Lipinski definition) is 3. The zero-order valence-electron chi connectivity index (χ0n) is 11.7. The molecule has 0 spiro atoms. The SMILES string of the molecule is CC1CCN(c2cccc(Br)c2)CC(CCO)N1C. The van der Waals surface area contributed by atoms with E-state index >= 15 is 0 Å². The molecule has 4 heteroatoms. The van der Waals surface area contributed by atoms with Gasteiger partial charge in [0, 0.05) is 41.9 Å². The van der Waals surface area contributed by atoms with E-state index in [1.165, 1.54) is 5.69 Å². The molecule has 1 fully saturated rings. The van der Waals surface area contributed by atoms with Crippen molar-refractivity contribution < 1.29 is 5.11 Å². The lowest BCUT2D eigenvalue weighted by atomic mass is 10.1. The molecule has 106 valence electrons. The summed E-state index contributed by atoms with van der Waals surface area (Å²) >= 11 is 3.54. The van der Waals surface area contributed by atoms with Gasteiger partial charge in [-0.05, 0) is 45.0 Å². The Morgan fingerprint density at radius 3 is 2.89 bits per heavy atom. The first-order valence-corrected chi connectivity index (χ1v) is 7.74. The average Bonchev–Trinajstić information content (AvgIpc) is 2.53. The van der Waals surface area contributed by atoms with Gasteiger partial charge in [-0.15, -0.1) is 0 Å². The van der Waals surface area contributed by atoms with Gasteiger partial charge in [-0.25, -0.2) is 0 Å². The van der Waals surface area contributed by atoms with Crippen LogP contribution in [-0.4, -0.2) is 48.8 Å². The van der Waals surface area contributed by atoms with E-state index < -0.39 is 0 Å². The third kappa shape index (κ3) is 3.71. The van der Waals surface area contributed by atoms with Crippen molar-refractivity contribution in [2.24, 2.45) is 0 Å². The van der Waals surface area contributed by atoms with Crippen LogP contribution in [0.1, 0.15) is 19.8 Å². The Kier molecular flexibility index (Phi) is 5.25. The molecule has 0 aliphatic carbocycles. The summed E-state index contributed by atoms with van der Waals surface area (Å²) in [5.41, 5.74) is 1.26. The summed E-state index contributed by atoms with van der Waals surface area (Å²) in [7, 11) is 2.18. The van der Waals surface area contributed by atoms with Crippen LogP contribution in [0.3, 0.4) is 0 Å². The fourth-order valence-electron chi connectivity index (χ4n) is 2.73. The number of anilines is 1. The summed E-state index contributed by atoms with van der Waals surface area (Å²) in [5, 5.41) is 9.26. The van der Waals surface area contributed by atoms with Gasteiger partial charge in [0.2, 0.25) is 0 Å². The van der Waals surface area contributed by atoms with Gasteiger partial charge in [0.15, 0.2) is 0 Å². The lowest BCUT2D eigenvalue weighted by molar-refractivity contribution is 0.159. The number of halogens is 1. The zero-order chi connectivity index (χ0) is 13.8. The molecule has 0 amide bonds. The number of aliphatic hydroxyl groups excluding tert-OH is 1. The van der Waals surface area contributed by atoms with Crippen molar-refractivity contribution >= 4 is 21.6 Å². The Balaban J connectivity index is 2.17. The van der Waals surface area contributed by atoms with Crippen molar-refractivity contribution in [3.8, 4) is 0 Å². The van der Waals surface area contributed by atoms with Gasteiger partial charge in [0.05, 0.1) is 0 Å². The average molecular weight is 327 g/mol. The van der Waals surface area contributed by atoms with Crippen LogP contribution in [0.15, 0.2) is 28.7 Å². The molecule has 19 heavy (non-hydrogen) atoms. The minimum Gasteiger partial charge on any atom is -0.396 e. The Bertz CT molecular complexity index is 413. The van der Waals surface area contributed by atoms with Gasteiger partial charge in [-0.2, -0.15) is 0 Å². The Morgan fingerprint density at radius 2 is 2.21 bits per heavy atom. The van der Waals surface area contributed by atoms with Crippen LogP contribution in [-0.2, 0) is 0 Å². The van der Waals surface area contributed by atoms with Crippen LogP contribution in [0.5, 0.6) is 0 Å². The maximum Gasteiger partial charge on any atom is 0.0446 e. The second-order valence-electron chi connectivity index (χ2n) is 5.40. The summed E-state index contributed by atoms with van der Waals surface area (Å²) < 4.78 is 1.12. The number of likely N-dealkylation sites (N-methyl/N-ethyl adjacent to an activating group) is 1. The summed E-state index contributed by atoms with van der Waals surface area (Å²) in [5.74, 6) is 0. The highest BCUT2D eigenvalue weighted by atomic mass is 79.9. The first kappa shape index (κ1) is 14.8. The van der Waals surface area contributed by atoms with E-state index in [4.69, 9.17) is 0 Å². The topological polar surface area (TPSA) is 26.7 Å². The highest BCUT2D eigenvalue weighted by Crippen LogP contribution is 2.24. The largest absolute Gasteiger partial charge is 0.396 e. The summed E-state index contributed by atoms with van der Waals surface area (Å²) in [4.78, 5) is 4.85. The van der Waals surface area contributed by atoms with E-state index in [1.807, 2.05) is 0 Å². The molecule has 2 rings (SSSR count). The highest BCUT2D eigenvalue weighted by Gasteiger charge is 2.26. The Morgan fingerprint density at radius 1 is 1.42 bits per heavy atom. The zero-order valence-corrected chi connectivity index (χ0v) is 13.3. The van der Waals surface area contributed by atoms with Gasteiger partial charge < -0.3 is 10.0 Å². The number of rotatable bonds is 3. The fourth-order valence-corrected chi connectivity index (χ4v) is 3.12. The molecule has 1 saturated heterocycles. The number of aliphatic hydroxyl groups is 1. The van der Waals surface area contributed by atoms with E-state index in [0.29, 0.717) is 12.1 Å². The fraction of sp³-hybridized carbons (Fsp3) is 0.600. The van der Waals surface area contributed by atoms with Crippen LogP contribution in [0.2, 0.25) is 0 Å². The van der Waals surface area contributed by atoms with E-state index in [0.717, 1.165) is 30.4 Å². The molecule has 2 unspecified atom stereocenters. The first-order valence-electron chi connectivity index (χ1n) is 6.95. The molecular weight excluding hydrogens is 304 g/mol. The molecule has 1 aromatic carbocycles. The summed E-state index contributed by atoms with van der Waals surface area (Å²) in [6, 6.07) is 9.46. The first-order chi connectivity index (χ1) is 9.11. The van der Waals surface area contributed by atoms with E-state index in [1.54, 1.807) is 0 Å². The minimum absolute atomic E-state index is 0.258. The molecule has 1 aliphatic heterocycles. The predicted molar refractivity (Wildman–Crippen MR) is 83.7 cm³/mol. The van der Waals surface area contributed by atoms with E-state index in [2.05, 4.69) is 64.0 Å². The Labute approximate surface area is 124 Å². The normalized spacial score (nSPS) is 25.4. The highest BCUT2D eigenvalue weighted by molar-refractivity contribution is 9.10. The van der Waals surface area contributed by atoms with Crippen molar-refractivity contribution in [3.05, 3.63) is 28.7 Å². The van der Waals surface area contributed by atoms with E-state index in [9.17, 15) is 5.11 Å². The molecular formula is C15H23BrN2O. The molecule has 3 nitrogen and oxygen atoms in total. The lowest BCUT2D eigenvalue weighted by Gasteiger charge is -2.31. The van der Waals surface area contributed by atoms with Crippen LogP contribution in [0.25, 0.3) is 0 Å². The predicted octanol–water partition coefficient (Wildman–Crippen LogP) is 2.73. The van der Waals surface area contributed by atoms with Crippen LogP contribution < -0.4 is 4.90 Å². The molecule has 0 bridgehead atoms. The van der Waals surface area contributed by atoms with Gasteiger partial charge in [-0.3, -0.25) is 4.90 Å². The third-order valence-corrected chi connectivity index (χ3v) is 4.65. The van der Waals surface area contributed by atoms with Crippen molar-refractivity contribution in [3.63, 3.8) is 0 Å². The van der Waals surface area contributed by atoms with Gasteiger partial charge >= 0.3 is 0 Å². The summed E-state index contributed by atoms with van der Waals surface area (Å²) in [6.45, 7) is 4.59. The smallest absolute Gasteiger partial charge is 0.0446 e. The standard InChI is InChI=1S/C15H23BrN2O/c1-12-6-8-18(11-15(7-9-19)17(12)2)14-5-3-4-13(16)10-14/h3-5,10,12,15,19H,6-9,11H2,1-2H3. The molecule has 1 N–H and O–H groups in total. The monoisotopic (exact) mass is 326 g/mol. The molecule has 2 atom stereocenters. The van der Waals surface area contributed by atoms with Crippen molar-refractivity contribution in [2.45, 2.75) is 31.8 Å². The van der Waals surface area contributed by atoms with E-state index in [-0.39, 0.29) is 6.61 Å². The van der Waals surface area contributed by atoms with Gasteiger partial charge in [0.25, 0.3) is 0 Å². The number of nitrogens with zero attached hydrogens (tertiary/aromatic N) is 2. The van der Waals surface area contributed by atoms with Gasteiger partial charge in [-0.1, -0.05) is 22.0 Å². The van der Waals surface area contributed by atoms with Crippen LogP contribution in [0, 0.1) is 0 Å². The third-order valence-electron chi connectivity index (χ3n) is 4.15. The maximum atomic E-state index is 9.26. The summed E-state index contributed by atoms with van der Waals surface area (Å²) in [6.07, 6.45) is 2.00. The molecule has 1 heterocycles. The molecule has 0 aromatic heterocycles. The van der Waals surface area contributed by atoms with Crippen LogP contribution >= 0.6 is 15.9 Å². The lowest BCUT2D eigenvalue weighted by Crippen LogP contribution is -2.42. The number of benzene rings is 1. The molecule has 1 aliphatic rings. The Hall–Kier alpha value is -0.580.